The molecule has 2 aromatic carbocycles. The van der Waals surface area contributed by atoms with Crippen LogP contribution in [0.4, 0.5) is 0 Å². The van der Waals surface area contributed by atoms with Crippen molar-refractivity contribution >= 4 is 16.9 Å². The van der Waals surface area contributed by atoms with Gasteiger partial charge in [-0.1, -0.05) is 42.8 Å². The maximum atomic E-state index is 13.0. The van der Waals surface area contributed by atoms with Crippen LogP contribution in [-0.2, 0) is 0 Å². The molecule has 2 unspecified atom stereocenters. The van der Waals surface area contributed by atoms with E-state index in [1.807, 2.05) is 30.3 Å². The van der Waals surface area contributed by atoms with Gasteiger partial charge in [-0.05, 0) is 44.4 Å². The number of para-hydroxylation sites is 1. The summed E-state index contributed by atoms with van der Waals surface area (Å²) in [6, 6.07) is 14.7. The predicted molar refractivity (Wildman–Crippen MR) is 110 cm³/mol. The highest BCUT2D eigenvalue weighted by Crippen LogP contribution is 2.28. The second-order valence-corrected chi connectivity index (χ2v) is 7.44. The van der Waals surface area contributed by atoms with Gasteiger partial charge in [0.05, 0.1) is 10.9 Å². The highest BCUT2D eigenvalue weighted by atomic mass is 16.3. The minimum Gasteiger partial charge on any atom is -0.455 e. The molecule has 2 atom stereocenters. The lowest BCUT2D eigenvalue weighted by molar-refractivity contribution is 0.0929. The molecule has 28 heavy (non-hydrogen) atoms. The number of fused-ring (bicyclic) bond motifs is 1. The Morgan fingerprint density at radius 1 is 1.14 bits per heavy atom. The van der Waals surface area contributed by atoms with Gasteiger partial charge in [-0.15, -0.1) is 0 Å². The summed E-state index contributed by atoms with van der Waals surface area (Å²) < 4.78 is 6.14. The molecule has 5 heteroatoms. The third-order valence-electron chi connectivity index (χ3n) is 5.70. The first-order chi connectivity index (χ1) is 13.6. The van der Waals surface area contributed by atoms with Crippen molar-refractivity contribution in [3.8, 4) is 11.3 Å². The van der Waals surface area contributed by atoms with Crippen LogP contribution in [0.5, 0.6) is 0 Å². The van der Waals surface area contributed by atoms with Crippen LogP contribution in [0.1, 0.15) is 35.2 Å². The topological polar surface area (TPSA) is 85.3 Å². The van der Waals surface area contributed by atoms with Gasteiger partial charge in [0.25, 0.3) is 5.91 Å². The Morgan fingerprint density at radius 3 is 2.68 bits per heavy atom. The summed E-state index contributed by atoms with van der Waals surface area (Å²) >= 11 is 0. The van der Waals surface area contributed by atoms with Crippen LogP contribution in [0.15, 0.2) is 57.7 Å². The zero-order valence-electron chi connectivity index (χ0n) is 15.9. The van der Waals surface area contributed by atoms with Crippen LogP contribution >= 0.6 is 0 Å². The minimum absolute atomic E-state index is 0.0681. The highest BCUT2D eigenvalue weighted by Gasteiger charge is 2.28. The minimum atomic E-state index is -0.220. The van der Waals surface area contributed by atoms with Crippen LogP contribution in [0.25, 0.3) is 22.3 Å². The number of carbonyl (C=O) groups excluding carboxylic acids is 1. The van der Waals surface area contributed by atoms with Crippen molar-refractivity contribution in [1.82, 2.24) is 5.32 Å². The average molecular weight is 376 g/mol. The highest BCUT2D eigenvalue weighted by molar-refractivity contribution is 6.05. The van der Waals surface area contributed by atoms with E-state index in [-0.39, 0.29) is 17.4 Å². The van der Waals surface area contributed by atoms with Gasteiger partial charge in [0.2, 0.25) is 0 Å². The van der Waals surface area contributed by atoms with Crippen LogP contribution in [0.2, 0.25) is 0 Å². The molecule has 1 saturated carbocycles. The maximum Gasteiger partial charge on any atom is 0.255 e. The lowest BCUT2D eigenvalue weighted by atomic mass is 10.0. The molecule has 5 nitrogen and oxygen atoms in total. The number of nitrogens with two attached hydrogens (primary N) is 1. The fraction of sp³-hybridized carbons (Fsp3) is 0.304. The number of carbonyl (C=O) groups is 1. The molecule has 1 aliphatic carbocycles. The fourth-order valence-corrected chi connectivity index (χ4v) is 4.11. The van der Waals surface area contributed by atoms with Gasteiger partial charge in [-0.2, -0.15) is 0 Å². The molecule has 3 N–H and O–H groups in total. The monoisotopic (exact) mass is 376 g/mol. The van der Waals surface area contributed by atoms with E-state index in [9.17, 15) is 9.59 Å². The molecule has 0 saturated heterocycles. The number of amides is 1. The molecule has 3 aromatic rings. The standard InChI is InChI=1S/C23H24N2O3/c1-14-20(26)17-10-6-11-18(23(27)25-19-12-5-9-16(19)13-24)22(17)28-21(14)15-7-3-2-4-8-15/h2-4,6-8,10-11,16,19H,5,9,12-13,24H2,1H3,(H,25,27). The Kier molecular flexibility index (Phi) is 5.01. The Hall–Kier alpha value is -2.92. The molecule has 1 aromatic heterocycles. The molecule has 0 aliphatic heterocycles. The average Bonchev–Trinajstić information content (AvgIpc) is 3.18. The molecule has 1 heterocycles. The van der Waals surface area contributed by atoms with Crippen molar-refractivity contribution in [3.63, 3.8) is 0 Å². The van der Waals surface area contributed by atoms with Crippen molar-refractivity contribution in [2.75, 3.05) is 6.54 Å². The van der Waals surface area contributed by atoms with Gasteiger partial charge in [0.1, 0.15) is 5.76 Å². The zero-order valence-corrected chi connectivity index (χ0v) is 15.9. The Balaban J connectivity index is 1.80. The van der Waals surface area contributed by atoms with Gasteiger partial charge in [-0.25, -0.2) is 0 Å². The van der Waals surface area contributed by atoms with E-state index in [4.69, 9.17) is 10.2 Å². The van der Waals surface area contributed by atoms with Crippen molar-refractivity contribution in [3.05, 3.63) is 69.9 Å². The third-order valence-corrected chi connectivity index (χ3v) is 5.70. The van der Waals surface area contributed by atoms with Gasteiger partial charge >= 0.3 is 0 Å². The first kappa shape index (κ1) is 18.4. The number of benzene rings is 2. The van der Waals surface area contributed by atoms with Crippen LogP contribution < -0.4 is 16.5 Å². The van der Waals surface area contributed by atoms with E-state index in [1.165, 1.54) is 0 Å². The Morgan fingerprint density at radius 2 is 1.93 bits per heavy atom. The molecule has 0 bridgehead atoms. The Labute approximate surface area is 163 Å². The van der Waals surface area contributed by atoms with Gasteiger partial charge < -0.3 is 15.5 Å². The second kappa shape index (κ2) is 7.60. The number of hydrogen-bond donors (Lipinski definition) is 2. The van der Waals surface area contributed by atoms with E-state index in [2.05, 4.69) is 5.32 Å². The first-order valence-electron chi connectivity index (χ1n) is 9.73. The normalized spacial score (nSPS) is 19.1. The van der Waals surface area contributed by atoms with Gasteiger partial charge in [0, 0.05) is 17.2 Å². The molecule has 144 valence electrons. The van der Waals surface area contributed by atoms with E-state index < -0.39 is 0 Å². The molecule has 0 radical (unpaired) electrons. The van der Waals surface area contributed by atoms with Crippen LogP contribution in [-0.4, -0.2) is 18.5 Å². The summed E-state index contributed by atoms with van der Waals surface area (Å²) in [4.78, 5) is 25.9. The lowest BCUT2D eigenvalue weighted by Gasteiger charge is -2.20. The van der Waals surface area contributed by atoms with Crippen molar-refractivity contribution < 1.29 is 9.21 Å². The third kappa shape index (κ3) is 3.22. The lowest BCUT2D eigenvalue weighted by Crippen LogP contribution is -2.40. The smallest absolute Gasteiger partial charge is 0.255 e. The van der Waals surface area contributed by atoms with Gasteiger partial charge in [-0.3, -0.25) is 9.59 Å². The van der Waals surface area contributed by atoms with E-state index in [0.29, 0.717) is 40.3 Å². The SMILES string of the molecule is Cc1c(-c2ccccc2)oc2c(C(=O)NC3CCCC3CN)cccc2c1=O. The van der Waals surface area contributed by atoms with E-state index in [0.717, 1.165) is 24.8 Å². The quantitative estimate of drug-likeness (QED) is 0.728. The van der Waals surface area contributed by atoms with Crippen LogP contribution in [0, 0.1) is 12.8 Å². The van der Waals surface area contributed by atoms with Crippen molar-refractivity contribution in [2.45, 2.75) is 32.2 Å². The number of rotatable bonds is 4. The summed E-state index contributed by atoms with van der Waals surface area (Å²) in [5, 5.41) is 3.52. The molecular weight excluding hydrogens is 352 g/mol. The first-order valence-corrected chi connectivity index (χ1v) is 9.73. The van der Waals surface area contributed by atoms with Gasteiger partial charge in [0.15, 0.2) is 11.0 Å². The summed E-state index contributed by atoms with van der Waals surface area (Å²) in [6.07, 6.45) is 3.02. The molecule has 1 fully saturated rings. The molecule has 4 rings (SSSR count). The van der Waals surface area contributed by atoms with Crippen molar-refractivity contribution in [2.24, 2.45) is 11.7 Å². The largest absolute Gasteiger partial charge is 0.455 e. The molecular formula is C23H24N2O3. The van der Waals surface area contributed by atoms with E-state index >= 15 is 0 Å². The predicted octanol–water partition coefficient (Wildman–Crippen LogP) is 3.63. The zero-order chi connectivity index (χ0) is 19.7. The summed E-state index contributed by atoms with van der Waals surface area (Å²) in [7, 11) is 0. The van der Waals surface area contributed by atoms with E-state index in [1.54, 1.807) is 25.1 Å². The second-order valence-electron chi connectivity index (χ2n) is 7.44. The molecule has 1 aliphatic rings. The maximum absolute atomic E-state index is 13.0. The number of nitrogens with one attached hydrogen (secondary N) is 1. The fourth-order valence-electron chi connectivity index (χ4n) is 4.11. The van der Waals surface area contributed by atoms with Crippen LogP contribution in [0.3, 0.4) is 0 Å². The molecule has 0 spiro atoms. The summed E-state index contributed by atoms with van der Waals surface area (Å²) in [5.74, 6) is 0.578. The number of hydrogen-bond acceptors (Lipinski definition) is 4. The molecule has 1 amide bonds. The summed E-state index contributed by atoms with van der Waals surface area (Å²) in [5.41, 5.74) is 7.79. The Bertz CT molecular complexity index is 1070. The summed E-state index contributed by atoms with van der Waals surface area (Å²) in [6.45, 7) is 2.32. The van der Waals surface area contributed by atoms with Crippen molar-refractivity contribution in [1.29, 1.82) is 0 Å².